The van der Waals surface area contributed by atoms with Crippen molar-refractivity contribution in [2.45, 2.75) is 57.7 Å². The van der Waals surface area contributed by atoms with Gasteiger partial charge in [-0.05, 0) is 32.1 Å². The number of amides is 2. The van der Waals surface area contributed by atoms with Gasteiger partial charge in [-0.1, -0.05) is 17.2 Å². The van der Waals surface area contributed by atoms with Crippen LogP contribution >= 0.6 is 0 Å². The Balaban J connectivity index is 1.43. The lowest BCUT2D eigenvalue weighted by atomic mass is 9.86. The third kappa shape index (κ3) is 2.85. The lowest BCUT2D eigenvalue weighted by Gasteiger charge is -2.43. The van der Waals surface area contributed by atoms with Gasteiger partial charge in [0.05, 0.1) is 12.6 Å². The number of H-pyrrole nitrogens is 1. The van der Waals surface area contributed by atoms with E-state index in [9.17, 15) is 9.59 Å². The molecule has 2 bridgehead atoms. The molecule has 4 heterocycles. The number of carbonyl (C=O) groups is 2. The van der Waals surface area contributed by atoms with Gasteiger partial charge in [0.15, 0.2) is 5.69 Å². The van der Waals surface area contributed by atoms with Crippen LogP contribution in [0.5, 0.6) is 0 Å². The number of fused-ring (bicyclic) bond motifs is 2. The van der Waals surface area contributed by atoms with E-state index in [0.29, 0.717) is 17.1 Å². The zero-order valence-electron chi connectivity index (χ0n) is 14.7. The summed E-state index contributed by atoms with van der Waals surface area (Å²) in [5.74, 6) is -0.0337. The van der Waals surface area contributed by atoms with Crippen molar-refractivity contribution in [2.24, 2.45) is 5.92 Å². The number of rotatable bonds is 4. The van der Waals surface area contributed by atoms with Gasteiger partial charge < -0.3 is 10.2 Å². The highest BCUT2D eigenvalue weighted by atomic mass is 16.6. The number of nitrogens with one attached hydrogen (secondary N) is 2. The zero-order chi connectivity index (χ0) is 18.3. The molecule has 2 N–H and O–H groups in total. The first-order chi connectivity index (χ1) is 12.5. The van der Waals surface area contributed by atoms with Crippen LogP contribution in [0, 0.1) is 12.8 Å². The summed E-state index contributed by atoms with van der Waals surface area (Å²) >= 11 is 0. The first kappa shape index (κ1) is 16.7. The molecule has 2 fully saturated rings. The lowest BCUT2D eigenvalue weighted by Crippen LogP contribution is -2.57. The summed E-state index contributed by atoms with van der Waals surface area (Å²) in [5.41, 5.74) is 1.52. The Labute approximate surface area is 149 Å². The maximum Gasteiger partial charge on any atom is 0.276 e. The summed E-state index contributed by atoms with van der Waals surface area (Å²) in [5, 5.41) is 20.7. The Morgan fingerprint density at radius 1 is 1.38 bits per heavy atom. The molecular formula is C16H21N7O3. The van der Waals surface area contributed by atoms with Crippen LogP contribution in [-0.4, -0.2) is 60.6 Å². The van der Waals surface area contributed by atoms with Crippen molar-refractivity contribution < 1.29 is 14.2 Å². The molecule has 0 spiro atoms. The Bertz CT molecular complexity index is 803. The van der Waals surface area contributed by atoms with E-state index in [0.717, 1.165) is 19.3 Å². The molecule has 0 saturated carbocycles. The van der Waals surface area contributed by atoms with Crippen LogP contribution in [0.25, 0.3) is 0 Å². The topological polar surface area (TPSA) is 130 Å². The van der Waals surface area contributed by atoms with Crippen LogP contribution in [0.3, 0.4) is 0 Å². The molecule has 10 heteroatoms. The number of carbonyl (C=O) groups excluding carboxylic acids is 2. The maximum absolute atomic E-state index is 12.7. The first-order valence-corrected chi connectivity index (χ1v) is 8.80. The van der Waals surface area contributed by atoms with Gasteiger partial charge in [0.1, 0.15) is 11.4 Å². The minimum absolute atomic E-state index is 0.0292. The van der Waals surface area contributed by atoms with Crippen LogP contribution in [0.15, 0.2) is 10.8 Å². The Kier molecular flexibility index (Phi) is 4.17. The summed E-state index contributed by atoms with van der Waals surface area (Å²) in [6.45, 7) is 3.85. The fourth-order valence-corrected chi connectivity index (χ4v) is 4.20. The maximum atomic E-state index is 12.7. The molecule has 2 amide bonds. The highest BCUT2D eigenvalue weighted by molar-refractivity contribution is 5.92. The van der Waals surface area contributed by atoms with Crippen LogP contribution in [0.1, 0.15) is 48.1 Å². The molecule has 26 heavy (non-hydrogen) atoms. The smallest absolute Gasteiger partial charge is 0.276 e. The number of piperidine rings is 1. The van der Waals surface area contributed by atoms with Gasteiger partial charge >= 0.3 is 0 Å². The van der Waals surface area contributed by atoms with Gasteiger partial charge in [-0.15, -0.1) is 0 Å². The molecule has 2 saturated heterocycles. The van der Waals surface area contributed by atoms with Crippen molar-refractivity contribution in [1.82, 2.24) is 35.9 Å². The lowest BCUT2D eigenvalue weighted by molar-refractivity contribution is -0.122. The van der Waals surface area contributed by atoms with Crippen molar-refractivity contribution in [3.8, 4) is 0 Å². The van der Waals surface area contributed by atoms with Gasteiger partial charge in [0.25, 0.3) is 5.91 Å². The van der Waals surface area contributed by atoms with Crippen LogP contribution in [-0.2, 0) is 11.2 Å². The van der Waals surface area contributed by atoms with E-state index in [2.05, 4.69) is 42.6 Å². The number of aryl methyl sites for hydroxylation is 1. The van der Waals surface area contributed by atoms with Crippen molar-refractivity contribution in [1.29, 1.82) is 0 Å². The van der Waals surface area contributed by atoms with E-state index in [-0.39, 0.29) is 42.3 Å². The molecular weight excluding hydrogens is 338 g/mol. The Morgan fingerprint density at radius 2 is 2.23 bits per heavy atom. The summed E-state index contributed by atoms with van der Waals surface area (Å²) in [7, 11) is 0. The quantitative estimate of drug-likeness (QED) is 0.799. The number of hydrogen-bond acceptors (Lipinski definition) is 7. The molecule has 2 aliphatic heterocycles. The monoisotopic (exact) mass is 359 g/mol. The molecule has 0 aromatic carbocycles. The summed E-state index contributed by atoms with van der Waals surface area (Å²) in [6, 6.07) is 0.237. The summed E-state index contributed by atoms with van der Waals surface area (Å²) in [4.78, 5) is 27.1. The molecule has 10 nitrogen and oxygen atoms in total. The van der Waals surface area contributed by atoms with Gasteiger partial charge in [0, 0.05) is 18.1 Å². The Hall–Kier alpha value is -2.78. The molecule has 4 unspecified atom stereocenters. The molecule has 2 aliphatic rings. The van der Waals surface area contributed by atoms with Crippen LogP contribution in [0.4, 0.5) is 0 Å². The van der Waals surface area contributed by atoms with Crippen molar-refractivity contribution in [3.63, 3.8) is 0 Å². The second kappa shape index (κ2) is 6.50. The van der Waals surface area contributed by atoms with E-state index in [4.69, 9.17) is 0 Å². The fourth-order valence-electron chi connectivity index (χ4n) is 4.20. The predicted molar refractivity (Wildman–Crippen MR) is 87.8 cm³/mol. The highest BCUT2D eigenvalue weighted by Crippen LogP contribution is 2.40. The van der Waals surface area contributed by atoms with Gasteiger partial charge in [-0.2, -0.15) is 15.4 Å². The molecule has 0 aliphatic carbocycles. The second-order valence-corrected chi connectivity index (χ2v) is 7.11. The molecule has 138 valence electrons. The third-order valence-electron chi connectivity index (χ3n) is 5.60. The van der Waals surface area contributed by atoms with E-state index >= 15 is 0 Å². The van der Waals surface area contributed by atoms with Gasteiger partial charge in [-0.25, -0.2) is 4.63 Å². The largest absolute Gasteiger partial charge is 0.353 e. The van der Waals surface area contributed by atoms with Crippen LogP contribution in [0.2, 0.25) is 0 Å². The van der Waals surface area contributed by atoms with Gasteiger partial charge in [-0.3, -0.25) is 9.59 Å². The zero-order valence-corrected chi connectivity index (χ0v) is 14.7. The molecule has 0 radical (unpaired) electrons. The van der Waals surface area contributed by atoms with Crippen molar-refractivity contribution >= 4 is 11.8 Å². The summed E-state index contributed by atoms with van der Waals surface area (Å²) in [6.07, 6.45) is 4.22. The van der Waals surface area contributed by atoms with Crippen molar-refractivity contribution in [3.05, 3.63) is 23.3 Å². The van der Waals surface area contributed by atoms with Crippen molar-refractivity contribution in [2.75, 3.05) is 0 Å². The number of nitrogens with zero attached hydrogens (tertiary/aromatic N) is 5. The van der Waals surface area contributed by atoms with E-state index in [1.54, 1.807) is 6.92 Å². The van der Waals surface area contributed by atoms with E-state index in [1.165, 1.54) is 6.20 Å². The van der Waals surface area contributed by atoms with Gasteiger partial charge in [0.2, 0.25) is 5.91 Å². The fraction of sp³-hybridized carbons (Fsp3) is 0.625. The molecule has 4 rings (SSSR count). The normalized spacial score (nSPS) is 27.5. The molecule has 4 atom stereocenters. The predicted octanol–water partition coefficient (Wildman–Crippen LogP) is 0.237. The average molecular weight is 359 g/mol. The SMILES string of the molecule is Cc1nonc1CC(=O)NC1CC2CCC(C1C)N2C(=O)c1cn[nH]n1. The van der Waals surface area contributed by atoms with Crippen LogP contribution < -0.4 is 5.32 Å². The summed E-state index contributed by atoms with van der Waals surface area (Å²) < 4.78 is 4.64. The number of aromatic nitrogens is 5. The second-order valence-electron chi connectivity index (χ2n) is 7.11. The minimum Gasteiger partial charge on any atom is -0.353 e. The third-order valence-corrected chi connectivity index (χ3v) is 5.60. The standard InChI is InChI=1S/C16H21N7O3/c1-8-11(18-15(24)6-12-9(2)20-26-21-12)5-10-3-4-14(8)23(10)16(25)13-7-17-22-19-13/h7-8,10-11,14H,3-6H2,1-2H3,(H,18,24)(H,17,19,22). The minimum atomic E-state index is -0.101. The number of hydrogen-bond donors (Lipinski definition) is 2. The molecule has 2 aromatic heterocycles. The first-order valence-electron chi connectivity index (χ1n) is 8.80. The highest BCUT2D eigenvalue weighted by Gasteiger charge is 2.48. The Morgan fingerprint density at radius 3 is 2.92 bits per heavy atom. The van der Waals surface area contributed by atoms with E-state index < -0.39 is 0 Å². The van der Waals surface area contributed by atoms with E-state index in [1.807, 2.05) is 4.90 Å². The number of aromatic amines is 1. The molecule has 2 aromatic rings. The average Bonchev–Trinajstić information content (AvgIpc) is 3.33.